The Hall–Kier alpha value is -2.11. The first-order valence-corrected chi connectivity index (χ1v) is 8.76. The van der Waals surface area contributed by atoms with Crippen molar-refractivity contribution in [3.05, 3.63) is 57.8 Å². The summed E-state index contributed by atoms with van der Waals surface area (Å²) in [6.07, 6.45) is 5.90. The van der Waals surface area contributed by atoms with Crippen LogP contribution in [0.15, 0.2) is 36.7 Å². The standard InChI is InChI=1S/C18H19Cl2N3O2/c1-2-3-4-5-22-17(24)12-6-13(11-21-10-12)18(25)23-16-8-14(19)7-15(20)9-16/h6-11H,2-5H2,1H3,(H,22,24)(H,23,25). The number of hydrogen-bond donors (Lipinski definition) is 2. The van der Waals surface area contributed by atoms with Gasteiger partial charge in [0.15, 0.2) is 0 Å². The third-order valence-corrected chi connectivity index (χ3v) is 3.89. The highest BCUT2D eigenvalue weighted by atomic mass is 35.5. The Morgan fingerprint density at radius 1 is 0.960 bits per heavy atom. The van der Waals surface area contributed by atoms with E-state index >= 15 is 0 Å². The molecular weight excluding hydrogens is 361 g/mol. The number of halogens is 2. The summed E-state index contributed by atoms with van der Waals surface area (Å²) in [5, 5.41) is 6.34. The molecule has 1 heterocycles. The zero-order valence-electron chi connectivity index (χ0n) is 13.8. The molecule has 0 aliphatic heterocycles. The van der Waals surface area contributed by atoms with E-state index in [1.165, 1.54) is 18.5 Å². The fourth-order valence-corrected chi connectivity index (χ4v) is 2.72. The molecule has 5 nitrogen and oxygen atoms in total. The smallest absolute Gasteiger partial charge is 0.257 e. The van der Waals surface area contributed by atoms with Gasteiger partial charge in [-0.2, -0.15) is 0 Å². The van der Waals surface area contributed by atoms with E-state index in [1.807, 2.05) is 0 Å². The summed E-state index contributed by atoms with van der Waals surface area (Å²) < 4.78 is 0. The molecule has 0 aliphatic rings. The third-order valence-electron chi connectivity index (χ3n) is 3.45. The van der Waals surface area contributed by atoms with Gasteiger partial charge in [0.2, 0.25) is 0 Å². The van der Waals surface area contributed by atoms with Crippen molar-refractivity contribution in [2.75, 3.05) is 11.9 Å². The highest BCUT2D eigenvalue weighted by Crippen LogP contribution is 2.22. The highest BCUT2D eigenvalue weighted by molar-refractivity contribution is 6.35. The monoisotopic (exact) mass is 379 g/mol. The van der Waals surface area contributed by atoms with E-state index in [4.69, 9.17) is 23.2 Å². The summed E-state index contributed by atoms with van der Waals surface area (Å²) in [4.78, 5) is 28.4. The van der Waals surface area contributed by atoms with Crippen molar-refractivity contribution in [2.45, 2.75) is 26.2 Å². The van der Waals surface area contributed by atoms with E-state index in [2.05, 4.69) is 22.5 Å². The van der Waals surface area contributed by atoms with Gasteiger partial charge in [-0.3, -0.25) is 14.6 Å². The predicted molar refractivity (Wildman–Crippen MR) is 101 cm³/mol. The summed E-state index contributed by atoms with van der Waals surface area (Å²) in [6.45, 7) is 2.70. The minimum absolute atomic E-state index is 0.246. The van der Waals surface area contributed by atoms with Crippen LogP contribution in [0.3, 0.4) is 0 Å². The molecule has 1 aromatic carbocycles. The Balaban J connectivity index is 2.04. The number of rotatable bonds is 7. The zero-order valence-corrected chi connectivity index (χ0v) is 15.3. The number of unbranched alkanes of at least 4 members (excludes halogenated alkanes) is 2. The number of carbonyl (C=O) groups is 2. The van der Waals surface area contributed by atoms with Crippen LogP contribution in [-0.2, 0) is 0 Å². The molecule has 25 heavy (non-hydrogen) atoms. The molecule has 2 amide bonds. The quantitative estimate of drug-likeness (QED) is 0.692. The number of anilines is 1. The average Bonchev–Trinajstić information content (AvgIpc) is 2.57. The first kappa shape index (κ1) is 19.2. The molecule has 7 heteroatoms. The van der Waals surface area contributed by atoms with Crippen LogP contribution in [-0.4, -0.2) is 23.3 Å². The van der Waals surface area contributed by atoms with E-state index in [0.29, 0.717) is 27.8 Å². The molecule has 132 valence electrons. The van der Waals surface area contributed by atoms with Crippen molar-refractivity contribution in [3.63, 3.8) is 0 Å². The normalized spacial score (nSPS) is 10.4. The number of nitrogens with zero attached hydrogens (tertiary/aromatic N) is 1. The lowest BCUT2D eigenvalue weighted by atomic mass is 10.1. The minimum atomic E-state index is -0.397. The molecule has 0 saturated carbocycles. The SMILES string of the molecule is CCCCCNC(=O)c1cncc(C(=O)Nc2cc(Cl)cc(Cl)c2)c1. The van der Waals surface area contributed by atoms with Crippen LogP contribution in [0.2, 0.25) is 10.0 Å². The van der Waals surface area contributed by atoms with Gasteiger partial charge in [0.25, 0.3) is 11.8 Å². The molecule has 0 spiro atoms. The van der Waals surface area contributed by atoms with E-state index in [1.54, 1.807) is 18.2 Å². The number of aromatic nitrogens is 1. The van der Waals surface area contributed by atoms with Gasteiger partial charge >= 0.3 is 0 Å². The minimum Gasteiger partial charge on any atom is -0.352 e. The average molecular weight is 380 g/mol. The first-order valence-electron chi connectivity index (χ1n) is 8.00. The fraction of sp³-hybridized carbons (Fsp3) is 0.278. The van der Waals surface area contributed by atoms with Crippen molar-refractivity contribution in [2.24, 2.45) is 0 Å². The van der Waals surface area contributed by atoms with Gasteiger partial charge in [-0.15, -0.1) is 0 Å². The molecule has 2 N–H and O–H groups in total. The zero-order chi connectivity index (χ0) is 18.2. The van der Waals surface area contributed by atoms with Crippen LogP contribution in [0.25, 0.3) is 0 Å². The Morgan fingerprint density at radius 3 is 2.24 bits per heavy atom. The Labute approximate surface area is 156 Å². The molecule has 0 aliphatic carbocycles. The summed E-state index contributed by atoms with van der Waals surface area (Å²) >= 11 is 11.8. The van der Waals surface area contributed by atoms with Gasteiger partial charge in [-0.1, -0.05) is 43.0 Å². The van der Waals surface area contributed by atoms with Crippen molar-refractivity contribution in [3.8, 4) is 0 Å². The van der Waals surface area contributed by atoms with Gasteiger partial charge in [0, 0.05) is 34.7 Å². The number of amides is 2. The molecule has 0 fully saturated rings. The van der Waals surface area contributed by atoms with E-state index in [9.17, 15) is 9.59 Å². The van der Waals surface area contributed by atoms with Gasteiger partial charge in [-0.25, -0.2) is 0 Å². The number of benzene rings is 1. The Bertz CT molecular complexity index is 745. The van der Waals surface area contributed by atoms with Gasteiger partial charge in [0.1, 0.15) is 0 Å². The lowest BCUT2D eigenvalue weighted by molar-refractivity contribution is 0.0952. The van der Waals surface area contributed by atoms with Crippen LogP contribution in [0.4, 0.5) is 5.69 Å². The van der Waals surface area contributed by atoms with E-state index in [0.717, 1.165) is 19.3 Å². The number of carbonyl (C=O) groups excluding carboxylic acids is 2. The molecule has 2 rings (SSSR count). The molecule has 0 bridgehead atoms. The van der Waals surface area contributed by atoms with Crippen LogP contribution >= 0.6 is 23.2 Å². The second kappa shape index (κ2) is 9.39. The lowest BCUT2D eigenvalue weighted by Crippen LogP contribution is -2.25. The maximum absolute atomic E-state index is 12.3. The molecule has 0 atom stereocenters. The maximum Gasteiger partial charge on any atom is 0.257 e. The highest BCUT2D eigenvalue weighted by Gasteiger charge is 2.12. The second-order valence-electron chi connectivity index (χ2n) is 5.54. The predicted octanol–water partition coefficient (Wildman–Crippen LogP) is 4.56. The molecular formula is C18H19Cl2N3O2. The van der Waals surface area contributed by atoms with Gasteiger partial charge < -0.3 is 10.6 Å². The van der Waals surface area contributed by atoms with E-state index < -0.39 is 5.91 Å². The van der Waals surface area contributed by atoms with Gasteiger partial charge in [0.05, 0.1) is 11.1 Å². The Morgan fingerprint density at radius 2 is 1.60 bits per heavy atom. The van der Waals surface area contributed by atoms with Crippen LogP contribution in [0.5, 0.6) is 0 Å². The third kappa shape index (κ3) is 6.03. The summed E-state index contributed by atoms with van der Waals surface area (Å²) in [6, 6.07) is 6.25. The van der Waals surface area contributed by atoms with Crippen molar-refractivity contribution in [1.29, 1.82) is 0 Å². The van der Waals surface area contributed by atoms with Crippen molar-refractivity contribution >= 4 is 40.7 Å². The van der Waals surface area contributed by atoms with Crippen molar-refractivity contribution in [1.82, 2.24) is 10.3 Å². The summed E-state index contributed by atoms with van der Waals surface area (Å²) in [5.74, 6) is -0.643. The number of hydrogen-bond acceptors (Lipinski definition) is 3. The largest absolute Gasteiger partial charge is 0.352 e. The lowest BCUT2D eigenvalue weighted by Gasteiger charge is -2.08. The molecule has 2 aromatic rings. The Kier molecular flexibility index (Phi) is 7.22. The number of pyridine rings is 1. The molecule has 0 unspecified atom stereocenters. The van der Waals surface area contributed by atoms with Crippen LogP contribution in [0, 0.1) is 0 Å². The molecule has 0 radical (unpaired) electrons. The molecule has 1 aromatic heterocycles. The fourth-order valence-electron chi connectivity index (χ4n) is 2.20. The second-order valence-corrected chi connectivity index (χ2v) is 6.41. The summed E-state index contributed by atoms with van der Waals surface area (Å²) in [7, 11) is 0. The topological polar surface area (TPSA) is 71.1 Å². The van der Waals surface area contributed by atoms with Crippen molar-refractivity contribution < 1.29 is 9.59 Å². The summed E-state index contributed by atoms with van der Waals surface area (Å²) in [5.41, 5.74) is 1.09. The van der Waals surface area contributed by atoms with Crippen LogP contribution < -0.4 is 10.6 Å². The maximum atomic E-state index is 12.3. The van der Waals surface area contributed by atoms with Crippen LogP contribution in [0.1, 0.15) is 46.9 Å². The van der Waals surface area contributed by atoms with E-state index in [-0.39, 0.29) is 11.5 Å². The molecule has 0 saturated heterocycles. The van der Waals surface area contributed by atoms with Gasteiger partial charge in [-0.05, 0) is 30.7 Å². The number of nitrogens with one attached hydrogen (secondary N) is 2. The first-order chi connectivity index (χ1) is 12.0.